The van der Waals surface area contributed by atoms with Crippen molar-refractivity contribution < 1.29 is 23.9 Å². The molecule has 2 rings (SSSR count). The fourth-order valence-electron chi connectivity index (χ4n) is 2.11. The minimum absolute atomic E-state index is 0.182. The lowest BCUT2D eigenvalue weighted by molar-refractivity contribution is -0.123. The average Bonchev–Trinajstić information content (AvgIpc) is 2.57. The van der Waals surface area contributed by atoms with Crippen molar-refractivity contribution in [3.63, 3.8) is 0 Å². The lowest BCUT2D eigenvalue weighted by atomic mass is 10.1. The highest BCUT2D eigenvalue weighted by Crippen LogP contribution is 2.20. The fourth-order valence-corrected chi connectivity index (χ4v) is 2.11. The van der Waals surface area contributed by atoms with Crippen LogP contribution in [0.25, 0.3) is 0 Å². The molecule has 0 heterocycles. The van der Waals surface area contributed by atoms with E-state index in [0.717, 1.165) is 11.1 Å². The van der Waals surface area contributed by atoms with E-state index in [1.807, 2.05) is 36.5 Å². The summed E-state index contributed by atoms with van der Waals surface area (Å²) in [6, 6.07) is 13.3. The van der Waals surface area contributed by atoms with Crippen molar-refractivity contribution in [2.75, 3.05) is 6.61 Å². The van der Waals surface area contributed by atoms with Gasteiger partial charge >= 0.3 is 12.0 Å². The number of benzene rings is 2. The van der Waals surface area contributed by atoms with E-state index in [1.165, 1.54) is 6.07 Å². The van der Waals surface area contributed by atoms with Gasteiger partial charge < -0.3 is 15.2 Å². The number of aryl methyl sites for hydroxylation is 1. The monoisotopic (exact) mass is 342 g/mol. The molecular weight excluding hydrogens is 324 g/mol. The lowest BCUT2D eigenvalue weighted by Crippen LogP contribution is -2.37. The molecule has 0 unspecified atom stereocenters. The minimum Gasteiger partial charge on any atom is -0.488 e. The van der Waals surface area contributed by atoms with Crippen LogP contribution < -0.4 is 15.8 Å². The Bertz CT molecular complexity index is 789. The zero-order valence-electron chi connectivity index (χ0n) is 13.7. The van der Waals surface area contributed by atoms with E-state index in [0.29, 0.717) is 5.75 Å². The van der Waals surface area contributed by atoms with Gasteiger partial charge in [0.15, 0.2) is 6.61 Å². The maximum Gasteiger partial charge on any atom is 0.342 e. The van der Waals surface area contributed by atoms with E-state index < -0.39 is 24.5 Å². The van der Waals surface area contributed by atoms with Gasteiger partial charge in [-0.15, -0.1) is 0 Å². The Labute approximate surface area is 144 Å². The van der Waals surface area contributed by atoms with Gasteiger partial charge in [-0.05, 0) is 24.6 Å². The summed E-state index contributed by atoms with van der Waals surface area (Å²) in [5.74, 6) is -1.21. The molecule has 0 bridgehead atoms. The second-order valence-electron chi connectivity index (χ2n) is 5.26. The summed E-state index contributed by atoms with van der Waals surface area (Å²) in [6.07, 6.45) is 0. The molecule has 0 atom stereocenters. The van der Waals surface area contributed by atoms with Gasteiger partial charge in [-0.2, -0.15) is 0 Å². The van der Waals surface area contributed by atoms with E-state index in [-0.39, 0.29) is 12.2 Å². The van der Waals surface area contributed by atoms with Gasteiger partial charge in [-0.3, -0.25) is 10.1 Å². The molecule has 0 aromatic heterocycles. The van der Waals surface area contributed by atoms with Gasteiger partial charge in [0.25, 0.3) is 5.91 Å². The van der Waals surface area contributed by atoms with Crippen molar-refractivity contribution in [3.05, 3.63) is 65.2 Å². The number of para-hydroxylation sites is 1. The van der Waals surface area contributed by atoms with Crippen LogP contribution in [0.1, 0.15) is 21.5 Å². The second kappa shape index (κ2) is 8.49. The third-order valence-electron chi connectivity index (χ3n) is 3.18. The SMILES string of the molecule is Cc1cccc(COc2ccccc2C(=O)OCC(=O)NC(N)=O)c1. The molecule has 0 aliphatic carbocycles. The predicted molar refractivity (Wildman–Crippen MR) is 90.0 cm³/mol. The Morgan fingerprint density at radius 1 is 1.08 bits per heavy atom. The largest absolute Gasteiger partial charge is 0.488 e. The Balaban J connectivity index is 2.00. The molecule has 0 saturated carbocycles. The van der Waals surface area contributed by atoms with Gasteiger partial charge in [0.05, 0.1) is 0 Å². The number of amides is 3. The Morgan fingerprint density at radius 3 is 2.56 bits per heavy atom. The summed E-state index contributed by atoms with van der Waals surface area (Å²) in [4.78, 5) is 34.0. The van der Waals surface area contributed by atoms with Crippen LogP contribution in [0.4, 0.5) is 4.79 Å². The van der Waals surface area contributed by atoms with Crippen molar-refractivity contribution in [2.45, 2.75) is 13.5 Å². The van der Waals surface area contributed by atoms with Crippen molar-refractivity contribution in [1.29, 1.82) is 0 Å². The number of nitrogens with two attached hydrogens (primary N) is 1. The van der Waals surface area contributed by atoms with Crippen molar-refractivity contribution in [3.8, 4) is 5.75 Å². The zero-order chi connectivity index (χ0) is 18.2. The van der Waals surface area contributed by atoms with Crippen LogP contribution in [-0.4, -0.2) is 24.5 Å². The molecule has 7 heteroatoms. The topological polar surface area (TPSA) is 108 Å². The molecule has 0 saturated heterocycles. The van der Waals surface area contributed by atoms with E-state index in [4.69, 9.17) is 15.2 Å². The molecule has 0 fully saturated rings. The first-order chi connectivity index (χ1) is 12.0. The molecule has 25 heavy (non-hydrogen) atoms. The van der Waals surface area contributed by atoms with Crippen LogP contribution in [0.15, 0.2) is 48.5 Å². The molecular formula is C18H18N2O5. The molecule has 3 N–H and O–H groups in total. The highest BCUT2D eigenvalue weighted by atomic mass is 16.5. The summed E-state index contributed by atoms with van der Waals surface area (Å²) >= 11 is 0. The maximum absolute atomic E-state index is 12.1. The van der Waals surface area contributed by atoms with E-state index in [1.54, 1.807) is 18.2 Å². The van der Waals surface area contributed by atoms with Crippen molar-refractivity contribution >= 4 is 17.9 Å². The number of carbonyl (C=O) groups is 3. The average molecular weight is 342 g/mol. The standard InChI is InChI=1S/C18H18N2O5/c1-12-5-4-6-13(9-12)10-24-15-8-3-2-7-14(15)17(22)25-11-16(21)20-18(19)23/h2-9H,10-11H2,1H3,(H3,19,20,21,23). The Kier molecular flexibility index (Phi) is 6.11. The molecule has 3 amide bonds. The number of primary amides is 1. The Morgan fingerprint density at radius 2 is 1.84 bits per heavy atom. The van der Waals surface area contributed by atoms with Gasteiger partial charge in [0, 0.05) is 0 Å². The molecule has 2 aromatic carbocycles. The molecule has 0 radical (unpaired) electrons. The summed E-state index contributed by atoms with van der Waals surface area (Å²) < 4.78 is 10.6. The quantitative estimate of drug-likeness (QED) is 0.780. The lowest BCUT2D eigenvalue weighted by Gasteiger charge is -2.11. The van der Waals surface area contributed by atoms with Crippen molar-refractivity contribution in [1.82, 2.24) is 5.32 Å². The van der Waals surface area contributed by atoms with Crippen molar-refractivity contribution in [2.24, 2.45) is 5.73 Å². The number of hydrogen-bond donors (Lipinski definition) is 2. The first-order valence-corrected chi connectivity index (χ1v) is 7.49. The van der Waals surface area contributed by atoms with Gasteiger partial charge in [-0.25, -0.2) is 9.59 Å². The van der Waals surface area contributed by atoms with E-state index >= 15 is 0 Å². The van der Waals surface area contributed by atoms with Crippen LogP contribution in [0.3, 0.4) is 0 Å². The van der Waals surface area contributed by atoms with Gasteiger partial charge in [0.2, 0.25) is 0 Å². The third-order valence-corrected chi connectivity index (χ3v) is 3.18. The summed E-state index contributed by atoms with van der Waals surface area (Å²) in [5.41, 5.74) is 7.06. The molecule has 130 valence electrons. The number of carbonyl (C=O) groups excluding carboxylic acids is 3. The normalized spacial score (nSPS) is 9.96. The zero-order valence-corrected chi connectivity index (χ0v) is 13.7. The van der Waals surface area contributed by atoms with Gasteiger partial charge in [-0.1, -0.05) is 42.0 Å². The van der Waals surface area contributed by atoms with Crippen LogP contribution >= 0.6 is 0 Å². The first-order valence-electron chi connectivity index (χ1n) is 7.49. The Hall–Kier alpha value is -3.35. The predicted octanol–water partition coefficient (Wildman–Crippen LogP) is 1.93. The number of nitrogens with one attached hydrogen (secondary N) is 1. The third kappa shape index (κ3) is 5.65. The highest BCUT2D eigenvalue weighted by molar-refractivity contribution is 5.97. The molecule has 0 spiro atoms. The van der Waals surface area contributed by atoms with Crippen LogP contribution in [0, 0.1) is 6.92 Å². The van der Waals surface area contributed by atoms with Crippen LogP contribution in [0.2, 0.25) is 0 Å². The van der Waals surface area contributed by atoms with E-state index in [9.17, 15) is 14.4 Å². The molecule has 7 nitrogen and oxygen atoms in total. The highest BCUT2D eigenvalue weighted by Gasteiger charge is 2.16. The number of ether oxygens (including phenoxy) is 2. The van der Waals surface area contributed by atoms with E-state index in [2.05, 4.69) is 0 Å². The number of esters is 1. The molecule has 0 aliphatic heterocycles. The summed E-state index contributed by atoms with van der Waals surface area (Å²) in [7, 11) is 0. The molecule has 2 aromatic rings. The summed E-state index contributed by atoms with van der Waals surface area (Å²) in [5, 5.41) is 1.81. The number of rotatable bonds is 6. The number of imide groups is 1. The minimum atomic E-state index is -1.01. The number of hydrogen-bond acceptors (Lipinski definition) is 5. The molecule has 0 aliphatic rings. The van der Waals surface area contributed by atoms with Crippen LogP contribution in [0.5, 0.6) is 5.75 Å². The fraction of sp³-hybridized carbons (Fsp3) is 0.167. The smallest absolute Gasteiger partial charge is 0.342 e. The second-order valence-corrected chi connectivity index (χ2v) is 5.26. The maximum atomic E-state index is 12.1. The van der Waals surface area contributed by atoms with Gasteiger partial charge in [0.1, 0.15) is 17.9 Å². The summed E-state index contributed by atoms with van der Waals surface area (Å²) in [6.45, 7) is 1.65. The number of urea groups is 1. The first kappa shape index (κ1) is 18.0. The van der Waals surface area contributed by atoms with Crippen LogP contribution in [-0.2, 0) is 16.1 Å².